The Morgan fingerprint density at radius 1 is 1.12 bits per heavy atom. The fourth-order valence-electron chi connectivity index (χ4n) is 2.76. The van der Waals surface area contributed by atoms with Crippen LogP contribution in [0.2, 0.25) is 0 Å². The molecule has 0 aliphatic heterocycles. The van der Waals surface area contributed by atoms with Gasteiger partial charge in [0, 0.05) is 20.9 Å². The first kappa shape index (κ1) is 16.9. The van der Waals surface area contributed by atoms with Crippen LogP contribution in [0.4, 0.5) is 0 Å². The highest BCUT2D eigenvalue weighted by atomic mass is 32.1. The van der Waals surface area contributed by atoms with Crippen LogP contribution < -0.4 is 0 Å². The molecule has 3 rings (SSSR count). The molecule has 3 nitrogen and oxygen atoms in total. The summed E-state index contributed by atoms with van der Waals surface area (Å²) in [5, 5.41) is 3.95. The van der Waals surface area contributed by atoms with Gasteiger partial charge in [-0.15, -0.1) is 22.7 Å². The molecule has 0 spiro atoms. The summed E-state index contributed by atoms with van der Waals surface area (Å²) < 4.78 is 5.18. The number of ketones is 1. The van der Waals surface area contributed by atoms with Crippen LogP contribution in [0.3, 0.4) is 0 Å². The van der Waals surface area contributed by atoms with E-state index in [-0.39, 0.29) is 17.7 Å². The van der Waals surface area contributed by atoms with Gasteiger partial charge in [-0.25, -0.2) is 0 Å². The van der Waals surface area contributed by atoms with Gasteiger partial charge in [0.05, 0.1) is 12.5 Å². The molecule has 124 valence electrons. The number of thiophene rings is 2. The summed E-state index contributed by atoms with van der Waals surface area (Å²) in [7, 11) is 0. The second-order valence-electron chi connectivity index (χ2n) is 5.56. The molecule has 1 aliphatic carbocycles. The maximum absolute atomic E-state index is 12.8. The Morgan fingerprint density at radius 2 is 1.67 bits per heavy atom. The van der Waals surface area contributed by atoms with Crippen molar-refractivity contribution in [1.29, 1.82) is 0 Å². The molecule has 0 aromatic carbocycles. The minimum absolute atomic E-state index is 0.0392. The maximum Gasteiger partial charge on any atom is 0.309 e. The third-order valence-electron chi connectivity index (χ3n) is 3.86. The molecule has 0 saturated heterocycles. The van der Waals surface area contributed by atoms with Crippen LogP contribution in [0.5, 0.6) is 0 Å². The molecule has 2 heterocycles. The van der Waals surface area contributed by atoms with Gasteiger partial charge in [0.2, 0.25) is 0 Å². The van der Waals surface area contributed by atoms with E-state index in [0.717, 1.165) is 9.75 Å². The molecule has 2 aromatic heterocycles. The van der Waals surface area contributed by atoms with Crippen LogP contribution in [-0.4, -0.2) is 18.4 Å². The topological polar surface area (TPSA) is 43.4 Å². The van der Waals surface area contributed by atoms with Crippen molar-refractivity contribution in [2.24, 2.45) is 5.92 Å². The predicted octanol–water partition coefficient (Wildman–Crippen LogP) is 4.82. The summed E-state index contributed by atoms with van der Waals surface area (Å²) in [5.74, 6) is -0.475. The van der Waals surface area contributed by atoms with Crippen LogP contribution in [0.25, 0.3) is 12.2 Å². The second-order valence-corrected chi connectivity index (χ2v) is 7.51. The molecule has 2 aromatic rings. The van der Waals surface area contributed by atoms with Gasteiger partial charge in [-0.3, -0.25) is 9.59 Å². The van der Waals surface area contributed by atoms with Crippen molar-refractivity contribution in [3.05, 3.63) is 55.9 Å². The van der Waals surface area contributed by atoms with E-state index in [1.165, 1.54) is 0 Å². The van der Waals surface area contributed by atoms with Gasteiger partial charge in [0.1, 0.15) is 0 Å². The van der Waals surface area contributed by atoms with E-state index in [1.54, 1.807) is 29.6 Å². The molecule has 0 radical (unpaired) electrons. The first-order valence-electron chi connectivity index (χ1n) is 7.87. The van der Waals surface area contributed by atoms with Gasteiger partial charge in [-0.1, -0.05) is 12.1 Å². The van der Waals surface area contributed by atoms with Crippen molar-refractivity contribution in [2.45, 2.75) is 19.8 Å². The van der Waals surface area contributed by atoms with Gasteiger partial charge in [-0.05, 0) is 54.8 Å². The van der Waals surface area contributed by atoms with Gasteiger partial charge in [-0.2, -0.15) is 0 Å². The van der Waals surface area contributed by atoms with Crippen molar-refractivity contribution in [3.63, 3.8) is 0 Å². The first-order chi connectivity index (χ1) is 11.7. The summed E-state index contributed by atoms with van der Waals surface area (Å²) in [5.41, 5.74) is 1.37. The van der Waals surface area contributed by atoms with E-state index in [2.05, 4.69) is 0 Å². The molecule has 24 heavy (non-hydrogen) atoms. The van der Waals surface area contributed by atoms with Crippen LogP contribution >= 0.6 is 22.7 Å². The van der Waals surface area contributed by atoms with Crippen LogP contribution in [0, 0.1) is 5.92 Å². The van der Waals surface area contributed by atoms with Crippen molar-refractivity contribution >= 4 is 46.6 Å². The monoisotopic (exact) mass is 358 g/mol. The molecule has 5 heteroatoms. The fraction of sp³-hybridized carbons (Fsp3) is 0.263. The van der Waals surface area contributed by atoms with E-state index in [9.17, 15) is 9.59 Å². The summed E-state index contributed by atoms with van der Waals surface area (Å²) in [6.45, 7) is 2.16. The Morgan fingerprint density at radius 3 is 2.08 bits per heavy atom. The van der Waals surface area contributed by atoms with Crippen molar-refractivity contribution in [3.8, 4) is 0 Å². The molecule has 0 bridgehead atoms. The van der Waals surface area contributed by atoms with Crippen LogP contribution in [0.1, 0.15) is 29.5 Å². The lowest BCUT2D eigenvalue weighted by molar-refractivity contribution is -0.148. The number of carbonyl (C=O) groups excluding carboxylic acids is 2. The largest absolute Gasteiger partial charge is 0.466 e. The summed E-state index contributed by atoms with van der Waals surface area (Å²) >= 11 is 3.17. The maximum atomic E-state index is 12.8. The predicted molar refractivity (Wildman–Crippen MR) is 99.0 cm³/mol. The number of Topliss-reactive ketones (excluding diaryl/α,β-unsaturated/α-hetero) is 1. The smallest absolute Gasteiger partial charge is 0.309 e. The third-order valence-corrected chi connectivity index (χ3v) is 5.49. The number of esters is 1. The molecule has 1 aliphatic rings. The van der Waals surface area contributed by atoms with Crippen molar-refractivity contribution in [1.82, 2.24) is 0 Å². The molecular weight excluding hydrogens is 340 g/mol. The number of allylic oxidation sites excluding steroid dienone is 2. The zero-order valence-electron chi connectivity index (χ0n) is 13.4. The number of hydrogen-bond acceptors (Lipinski definition) is 5. The normalized spacial score (nSPS) is 21.4. The number of hydrogen-bond donors (Lipinski definition) is 0. The quantitative estimate of drug-likeness (QED) is 0.581. The van der Waals surface area contributed by atoms with Crippen LogP contribution in [-0.2, 0) is 14.3 Å². The summed E-state index contributed by atoms with van der Waals surface area (Å²) in [6.07, 6.45) is 4.69. The van der Waals surface area contributed by atoms with E-state index in [4.69, 9.17) is 4.74 Å². The Hall–Kier alpha value is -1.98. The zero-order valence-corrected chi connectivity index (χ0v) is 15.0. The van der Waals surface area contributed by atoms with E-state index in [1.807, 2.05) is 47.2 Å². The average molecular weight is 358 g/mol. The van der Waals surface area contributed by atoms with Gasteiger partial charge < -0.3 is 4.74 Å². The summed E-state index contributed by atoms with van der Waals surface area (Å²) in [6, 6.07) is 7.86. The lowest BCUT2D eigenvalue weighted by Crippen LogP contribution is -2.27. The lowest BCUT2D eigenvalue weighted by Gasteiger charge is -2.24. The van der Waals surface area contributed by atoms with Gasteiger partial charge in [0.15, 0.2) is 5.78 Å². The molecule has 1 saturated carbocycles. The van der Waals surface area contributed by atoms with Crippen molar-refractivity contribution < 1.29 is 14.3 Å². The molecule has 0 amide bonds. The van der Waals surface area contributed by atoms with Gasteiger partial charge >= 0.3 is 5.97 Å². The molecule has 0 unspecified atom stereocenters. The third kappa shape index (κ3) is 3.91. The summed E-state index contributed by atoms with van der Waals surface area (Å²) in [4.78, 5) is 27.1. The zero-order chi connectivity index (χ0) is 16.9. The van der Waals surface area contributed by atoms with E-state index < -0.39 is 0 Å². The molecule has 1 fully saturated rings. The highest BCUT2D eigenvalue weighted by Crippen LogP contribution is 2.34. The van der Waals surface area contributed by atoms with E-state index >= 15 is 0 Å². The molecular formula is C19H18O3S2. The standard InChI is InChI=1S/C19H18O3S2/c1-2-22-19(21)15-9-13(11-16-5-3-7-23-16)18(20)14(10-15)12-17-6-4-8-24-17/h3-8,11-12,15H,2,9-10H2,1H3/b13-11-,14-12-. The minimum Gasteiger partial charge on any atom is -0.466 e. The lowest BCUT2D eigenvalue weighted by atomic mass is 9.80. The average Bonchev–Trinajstić information content (AvgIpc) is 3.25. The Kier molecular flexibility index (Phi) is 5.43. The molecule has 0 atom stereocenters. The number of rotatable bonds is 4. The number of ether oxygens (including phenoxy) is 1. The Balaban J connectivity index is 1.93. The highest BCUT2D eigenvalue weighted by Gasteiger charge is 2.33. The minimum atomic E-state index is -0.292. The van der Waals surface area contributed by atoms with E-state index in [0.29, 0.717) is 30.6 Å². The highest BCUT2D eigenvalue weighted by molar-refractivity contribution is 7.11. The molecule has 0 N–H and O–H groups in total. The second kappa shape index (κ2) is 7.73. The first-order valence-corrected chi connectivity index (χ1v) is 9.62. The SMILES string of the molecule is CCOC(=O)C1C/C(=C/c2cccs2)C(=O)/C(=C\c2cccs2)C1. The van der Waals surface area contributed by atoms with Gasteiger partial charge in [0.25, 0.3) is 0 Å². The van der Waals surface area contributed by atoms with Crippen molar-refractivity contribution in [2.75, 3.05) is 6.61 Å². The Bertz CT molecular complexity index is 711. The van der Waals surface area contributed by atoms with Crippen LogP contribution in [0.15, 0.2) is 46.2 Å². The Labute approximate surface area is 149 Å². The fourth-order valence-corrected chi connectivity index (χ4v) is 4.12. The number of carbonyl (C=O) groups is 2.